The van der Waals surface area contributed by atoms with Gasteiger partial charge in [0.25, 0.3) is 0 Å². The quantitative estimate of drug-likeness (QED) is 0.358. The lowest BCUT2D eigenvalue weighted by Crippen LogP contribution is -1.58. The molecule has 0 rings (SSSR count). The number of unbranched alkanes of at least 4 members (excludes halogenated alkanes) is 1. The maximum atomic E-state index is 4.99. The average Bonchev–Trinajstić information content (AvgIpc) is 1.61. The van der Waals surface area contributed by atoms with Gasteiger partial charge in [-0.05, 0) is 12.8 Å². The molecule has 32 valence electrons. The summed E-state index contributed by atoms with van der Waals surface area (Å²) in [6.07, 6.45) is 6.02. The third kappa shape index (κ3) is 3.48. The van der Waals surface area contributed by atoms with Crippen LogP contribution in [0.25, 0.3) is 0 Å². The van der Waals surface area contributed by atoms with Gasteiger partial charge >= 0.3 is 0 Å². The average molecular weight is 80.1 g/mol. The molecule has 0 saturated carbocycles. The molecule has 0 aromatic heterocycles. The normalized spacial score (nSPS) is 7.33. The Morgan fingerprint density at radius 3 is 2.50 bits per heavy atom. The van der Waals surface area contributed by atoms with E-state index in [1.807, 2.05) is 6.42 Å². The lowest BCUT2D eigenvalue weighted by molar-refractivity contribution is 1.30. The molecule has 0 fully saturated rings. The van der Waals surface area contributed by atoms with Crippen molar-refractivity contribution in [1.29, 1.82) is 0 Å². The van der Waals surface area contributed by atoms with E-state index in [0.29, 0.717) is 0 Å². The minimum atomic E-state index is 0.872. The van der Waals surface area contributed by atoms with Crippen LogP contribution in [-0.2, 0) is 0 Å². The van der Waals surface area contributed by atoms with E-state index in [-0.39, 0.29) is 0 Å². The molecule has 0 aromatic rings. The van der Waals surface area contributed by atoms with Crippen molar-refractivity contribution in [3.05, 3.63) is 31.7 Å². The van der Waals surface area contributed by atoms with E-state index in [2.05, 4.69) is 6.58 Å². The van der Waals surface area contributed by atoms with Crippen molar-refractivity contribution in [3.8, 4) is 0 Å². The fraction of sp³-hybridized carbons (Fsp3) is 0.167. The van der Waals surface area contributed by atoms with Crippen molar-refractivity contribution in [2.24, 2.45) is 0 Å². The van der Waals surface area contributed by atoms with Gasteiger partial charge in [-0.2, -0.15) is 0 Å². The minimum Gasteiger partial charge on any atom is -0.103 e. The molecule has 0 amide bonds. The Morgan fingerprint density at radius 2 is 2.33 bits per heavy atom. The second-order valence-electron chi connectivity index (χ2n) is 0.953. The Hall–Kier alpha value is -0.520. The molecule has 0 spiro atoms. The fourth-order valence-corrected chi connectivity index (χ4v) is 0.175. The van der Waals surface area contributed by atoms with Gasteiger partial charge in [0, 0.05) is 0 Å². The number of rotatable bonds is 3. The van der Waals surface area contributed by atoms with E-state index >= 15 is 0 Å². The van der Waals surface area contributed by atoms with E-state index in [9.17, 15) is 0 Å². The summed E-state index contributed by atoms with van der Waals surface area (Å²) in [6.45, 7) is 8.48. The van der Waals surface area contributed by atoms with Crippen LogP contribution in [0.15, 0.2) is 18.7 Å². The number of hydrogen-bond acceptors (Lipinski definition) is 0. The van der Waals surface area contributed by atoms with Crippen LogP contribution in [0, 0.1) is 13.0 Å². The number of allylic oxidation sites excluding steroid dienone is 2. The molecule has 0 aliphatic heterocycles. The van der Waals surface area contributed by atoms with Crippen molar-refractivity contribution in [2.45, 2.75) is 6.42 Å². The molecule has 0 aromatic carbocycles. The fourth-order valence-electron chi connectivity index (χ4n) is 0.175. The van der Waals surface area contributed by atoms with Gasteiger partial charge in [-0.1, -0.05) is 18.7 Å². The zero-order chi connectivity index (χ0) is 4.83. The van der Waals surface area contributed by atoms with Gasteiger partial charge in [0.05, 0.1) is 0 Å². The van der Waals surface area contributed by atoms with Crippen LogP contribution in [0.3, 0.4) is 0 Å². The predicted molar refractivity (Wildman–Crippen MR) is 28.0 cm³/mol. The maximum Gasteiger partial charge on any atom is -0.0130 e. The molecule has 0 saturated heterocycles. The molecule has 0 nitrogen and oxygen atoms in total. The smallest absolute Gasteiger partial charge is 0.0130 e. The molecule has 6 heavy (non-hydrogen) atoms. The van der Waals surface area contributed by atoms with Gasteiger partial charge in [-0.3, -0.25) is 0 Å². The Morgan fingerprint density at radius 1 is 1.67 bits per heavy atom. The summed E-state index contributed by atoms with van der Waals surface area (Å²) in [5, 5.41) is 0. The Balaban J connectivity index is 2.66. The van der Waals surface area contributed by atoms with Crippen molar-refractivity contribution >= 4 is 0 Å². The summed E-state index contributed by atoms with van der Waals surface area (Å²) in [7, 11) is 0. The van der Waals surface area contributed by atoms with Gasteiger partial charge in [-0.25, -0.2) is 0 Å². The molecule has 0 aliphatic rings. The summed E-state index contributed by atoms with van der Waals surface area (Å²) in [5.74, 6) is 0. The third-order valence-corrected chi connectivity index (χ3v) is 0.439. The van der Waals surface area contributed by atoms with Gasteiger partial charge in [0.2, 0.25) is 0 Å². The topological polar surface area (TPSA) is 0 Å². The predicted octanol–water partition coefficient (Wildman–Crippen LogP) is 1.76. The highest BCUT2D eigenvalue weighted by Crippen LogP contribution is 1.84. The number of hydrogen-bond donors (Lipinski definition) is 0. The van der Waals surface area contributed by atoms with Crippen molar-refractivity contribution in [1.82, 2.24) is 0 Å². The molecule has 0 bridgehead atoms. The van der Waals surface area contributed by atoms with Gasteiger partial charge in [0.1, 0.15) is 0 Å². The summed E-state index contributed by atoms with van der Waals surface area (Å²) in [5.41, 5.74) is 0. The molecule has 0 unspecified atom stereocenters. The Kier molecular flexibility index (Phi) is 4.09. The maximum absolute atomic E-state index is 4.99. The van der Waals surface area contributed by atoms with Crippen LogP contribution in [0.4, 0.5) is 0 Å². The van der Waals surface area contributed by atoms with E-state index in [4.69, 9.17) is 6.58 Å². The second-order valence-corrected chi connectivity index (χ2v) is 0.953. The van der Waals surface area contributed by atoms with E-state index in [1.54, 1.807) is 6.08 Å². The van der Waals surface area contributed by atoms with E-state index in [0.717, 1.165) is 6.42 Å². The van der Waals surface area contributed by atoms with Crippen LogP contribution in [0.2, 0.25) is 0 Å². The van der Waals surface area contributed by atoms with Crippen molar-refractivity contribution in [2.75, 3.05) is 0 Å². The molecular weight excluding hydrogens is 72.1 g/mol. The summed E-state index contributed by atoms with van der Waals surface area (Å²) in [4.78, 5) is 0. The third-order valence-electron chi connectivity index (χ3n) is 0.439. The van der Waals surface area contributed by atoms with Gasteiger partial charge < -0.3 is 0 Å². The first-order valence-electron chi connectivity index (χ1n) is 1.89. The van der Waals surface area contributed by atoms with Crippen LogP contribution in [0.5, 0.6) is 0 Å². The molecule has 2 radical (unpaired) electrons. The minimum absolute atomic E-state index is 0.872. The van der Waals surface area contributed by atoms with Crippen LogP contribution >= 0.6 is 0 Å². The zero-order valence-corrected chi connectivity index (χ0v) is 3.72. The molecule has 0 atom stereocenters. The first kappa shape index (κ1) is 5.48. The van der Waals surface area contributed by atoms with E-state index < -0.39 is 0 Å². The highest BCUT2D eigenvalue weighted by Gasteiger charge is 1.67. The zero-order valence-electron chi connectivity index (χ0n) is 3.72. The first-order chi connectivity index (χ1) is 2.91. The Bertz CT molecular complexity index is 36.0. The molecule has 0 aliphatic carbocycles. The van der Waals surface area contributed by atoms with Crippen LogP contribution < -0.4 is 0 Å². The summed E-state index contributed by atoms with van der Waals surface area (Å²) in [6, 6.07) is 0. The summed E-state index contributed by atoms with van der Waals surface area (Å²) >= 11 is 0. The second kappa shape index (κ2) is 4.48. The molecule has 0 heteroatoms. The molecule has 0 heterocycles. The molecular formula is C6H8. The highest BCUT2D eigenvalue weighted by atomic mass is 13.7. The lowest BCUT2D eigenvalue weighted by atomic mass is 10.3. The first-order valence-corrected chi connectivity index (χ1v) is 1.89. The van der Waals surface area contributed by atoms with E-state index in [1.165, 1.54) is 6.08 Å². The van der Waals surface area contributed by atoms with Gasteiger partial charge in [-0.15, -0.1) is 6.58 Å². The monoisotopic (exact) mass is 80.1 g/mol. The van der Waals surface area contributed by atoms with Crippen molar-refractivity contribution in [3.63, 3.8) is 0 Å². The standard InChI is InChI=1S/C6H8/c1-3-5-6-4-2/h1,3-5H,2,6H2. The lowest BCUT2D eigenvalue weighted by Gasteiger charge is -1.75. The van der Waals surface area contributed by atoms with Crippen LogP contribution in [0.1, 0.15) is 6.42 Å². The SMILES string of the molecule is [CH]=C[CH]CC=C. The molecule has 0 N–H and O–H groups in total. The largest absolute Gasteiger partial charge is 0.103 e. The van der Waals surface area contributed by atoms with Gasteiger partial charge in [0.15, 0.2) is 0 Å². The Labute approximate surface area is 39.2 Å². The van der Waals surface area contributed by atoms with Crippen LogP contribution in [-0.4, -0.2) is 0 Å². The van der Waals surface area contributed by atoms with Crippen molar-refractivity contribution < 1.29 is 0 Å². The highest BCUT2D eigenvalue weighted by molar-refractivity contribution is 4.89. The summed E-state index contributed by atoms with van der Waals surface area (Å²) < 4.78 is 0.